The number of rotatable bonds is 3. The summed E-state index contributed by atoms with van der Waals surface area (Å²) in [5.41, 5.74) is 2.85. The zero-order valence-electron chi connectivity index (χ0n) is 10.6. The van der Waals surface area contributed by atoms with E-state index in [1.165, 1.54) is 12.8 Å². The Morgan fingerprint density at radius 1 is 1.22 bits per heavy atom. The number of hydrogen-bond donors (Lipinski definition) is 0. The van der Waals surface area contributed by atoms with Crippen LogP contribution >= 0.6 is 0 Å². The lowest BCUT2D eigenvalue weighted by atomic mass is 10.1. The van der Waals surface area contributed by atoms with Crippen molar-refractivity contribution in [3.8, 4) is 0 Å². The predicted molar refractivity (Wildman–Crippen MR) is 68.3 cm³/mol. The Kier molecular flexibility index (Phi) is 3.72. The molecule has 0 aliphatic carbocycles. The number of carbonyl (C=O) groups excluding carboxylic acids is 1. The highest BCUT2D eigenvalue weighted by atomic mass is 16.5. The van der Waals surface area contributed by atoms with Gasteiger partial charge in [-0.25, -0.2) is 4.79 Å². The van der Waals surface area contributed by atoms with Crippen molar-refractivity contribution in [3.05, 3.63) is 65.5 Å². The Labute approximate surface area is 107 Å². The van der Waals surface area contributed by atoms with Crippen LogP contribution in [0.5, 0.6) is 0 Å². The van der Waals surface area contributed by atoms with Crippen molar-refractivity contribution < 1.29 is 14.1 Å². The first kappa shape index (κ1) is 12.3. The highest BCUT2D eigenvalue weighted by Crippen LogP contribution is 2.06. The normalized spacial score (nSPS) is 10.1. The zero-order chi connectivity index (χ0) is 13.0. The molecule has 1 aromatic carbocycles. The van der Waals surface area contributed by atoms with Gasteiger partial charge in [0.2, 0.25) is 0 Å². The molecule has 0 spiro atoms. The molecule has 0 aliphatic rings. The van der Waals surface area contributed by atoms with Crippen molar-refractivity contribution in [1.29, 1.82) is 0 Å². The Balaban J connectivity index is 2.25. The van der Waals surface area contributed by atoms with Crippen molar-refractivity contribution in [2.24, 2.45) is 0 Å². The van der Waals surface area contributed by atoms with Gasteiger partial charge in [-0.1, -0.05) is 18.2 Å². The summed E-state index contributed by atoms with van der Waals surface area (Å²) in [6.07, 6.45) is 2.03. The SMILES string of the molecule is COC(=O)c1cccc(C[n+]2ccccc2C)c1. The molecular weight excluding hydrogens is 226 g/mol. The van der Waals surface area contributed by atoms with E-state index in [1.807, 2.05) is 36.5 Å². The molecule has 0 N–H and O–H groups in total. The fourth-order valence-electron chi connectivity index (χ4n) is 1.85. The van der Waals surface area contributed by atoms with E-state index in [1.54, 1.807) is 6.07 Å². The maximum absolute atomic E-state index is 11.5. The van der Waals surface area contributed by atoms with Gasteiger partial charge in [0.15, 0.2) is 18.4 Å². The van der Waals surface area contributed by atoms with Crippen molar-refractivity contribution in [1.82, 2.24) is 0 Å². The standard InChI is InChI=1S/C15H16NO2/c1-12-6-3-4-9-16(12)11-13-7-5-8-14(10-13)15(17)18-2/h3-10H,11H2,1-2H3/q+1. The number of ether oxygens (including phenoxy) is 1. The fourth-order valence-corrected chi connectivity index (χ4v) is 1.85. The fraction of sp³-hybridized carbons (Fsp3) is 0.200. The number of nitrogens with zero attached hydrogens (tertiary/aromatic N) is 1. The monoisotopic (exact) mass is 242 g/mol. The average molecular weight is 242 g/mol. The number of methoxy groups -OCH3 is 1. The molecular formula is C15H16NO2+. The summed E-state index contributed by atoms with van der Waals surface area (Å²) in [5.74, 6) is -0.299. The molecule has 0 fully saturated rings. The van der Waals surface area contributed by atoms with Gasteiger partial charge >= 0.3 is 5.97 Å². The van der Waals surface area contributed by atoms with Crippen LogP contribution < -0.4 is 4.57 Å². The molecule has 1 aromatic heterocycles. The first-order chi connectivity index (χ1) is 8.70. The van der Waals surface area contributed by atoms with Gasteiger partial charge in [0, 0.05) is 24.6 Å². The molecule has 92 valence electrons. The molecule has 3 heteroatoms. The number of aryl methyl sites for hydroxylation is 1. The lowest BCUT2D eigenvalue weighted by Crippen LogP contribution is -2.36. The topological polar surface area (TPSA) is 30.2 Å². The van der Waals surface area contributed by atoms with Crippen molar-refractivity contribution in [3.63, 3.8) is 0 Å². The van der Waals surface area contributed by atoms with Crippen molar-refractivity contribution >= 4 is 5.97 Å². The van der Waals surface area contributed by atoms with Crippen LogP contribution in [0.3, 0.4) is 0 Å². The van der Waals surface area contributed by atoms with Crippen molar-refractivity contribution in [2.75, 3.05) is 7.11 Å². The Bertz CT molecular complexity index is 564. The third-order valence-corrected chi connectivity index (χ3v) is 2.87. The summed E-state index contributed by atoms with van der Waals surface area (Å²) in [4.78, 5) is 11.5. The van der Waals surface area contributed by atoms with Gasteiger partial charge in [-0.2, -0.15) is 4.57 Å². The van der Waals surface area contributed by atoms with E-state index < -0.39 is 0 Å². The second kappa shape index (κ2) is 5.45. The minimum atomic E-state index is -0.299. The van der Waals surface area contributed by atoms with Crippen LogP contribution in [0.4, 0.5) is 0 Å². The number of esters is 1. The first-order valence-corrected chi connectivity index (χ1v) is 5.83. The van der Waals surface area contributed by atoms with Crippen LogP contribution in [-0.2, 0) is 11.3 Å². The van der Waals surface area contributed by atoms with Crippen molar-refractivity contribution in [2.45, 2.75) is 13.5 Å². The number of aromatic nitrogens is 1. The maximum atomic E-state index is 11.5. The summed E-state index contributed by atoms with van der Waals surface area (Å²) in [5, 5.41) is 0. The summed E-state index contributed by atoms with van der Waals surface area (Å²) < 4.78 is 6.85. The molecule has 0 amide bonds. The van der Waals surface area contributed by atoms with Crippen LogP contribution in [0.25, 0.3) is 0 Å². The lowest BCUT2D eigenvalue weighted by molar-refractivity contribution is -0.694. The van der Waals surface area contributed by atoms with Crippen LogP contribution in [0.2, 0.25) is 0 Å². The van der Waals surface area contributed by atoms with Gasteiger partial charge in [0.05, 0.1) is 12.7 Å². The van der Waals surface area contributed by atoms with Crippen LogP contribution in [0.1, 0.15) is 21.6 Å². The summed E-state index contributed by atoms with van der Waals surface area (Å²) in [6.45, 7) is 2.81. The molecule has 0 atom stereocenters. The largest absolute Gasteiger partial charge is 0.465 e. The van der Waals surface area contributed by atoms with E-state index in [-0.39, 0.29) is 5.97 Å². The zero-order valence-corrected chi connectivity index (χ0v) is 10.6. The van der Waals surface area contributed by atoms with Crippen LogP contribution in [0, 0.1) is 6.92 Å². The molecule has 3 nitrogen and oxygen atoms in total. The number of hydrogen-bond acceptors (Lipinski definition) is 2. The van der Waals surface area contributed by atoms with Gasteiger partial charge in [-0.3, -0.25) is 0 Å². The smallest absolute Gasteiger partial charge is 0.337 e. The van der Waals surface area contributed by atoms with E-state index in [0.29, 0.717) is 5.56 Å². The van der Waals surface area contributed by atoms with Gasteiger partial charge in [-0.05, 0) is 12.1 Å². The number of pyridine rings is 1. The second-order valence-corrected chi connectivity index (χ2v) is 4.16. The third-order valence-electron chi connectivity index (χ3n) is 2.87. The summed E-state index contributed by atoms with van der Waals surface area (Å²) >= 11 is 0. The molecule has 18 heavy (non-hydrogen) atoms. The molecule has 2 aromatic rings. The van der Waals surface area contributed by atoms with Gasteiger partial charge in [0.1, 0.15) is 0 Å². The van der Waals surface area contributed by atoms with Gasteiger partial charge in [-0.15, -0.1) is 0 Å². The molecule has 0 bridgehead atoms. The van der Waals surface area contributed by atoms with Crippen LogP contribution in [-0.4, -0.2) is 13.1 Å². The Hall–Kier alpha value is -2.16. The maximum Gasteiger partial charge on any atom is 0.337 e. The number of benzene rings is 1. The summed E-state index contributed by atoms with van der Waals surface area (Å²) in [7, 11) is 1.39. The first-order valence-electron chi connectivity index (χ1n) is 5.83. The van der Waals surface area contributed by atoms with E-state index in [9.17, 15) is 4.79 Å². The van der Waals surface area contributed by atoms with E-state index in [0.717, 1.165) is 12.1 Å². The number of carbonyl (C=O) groups is 1. The van der Waals surface area contributed by atoms with Gasteiger partial charge < -0.3 is 4.74 Å². The minimum Gasteiger partial charge on any atom is -0.465 e. The quantitative estimate of drug-likeness (QED) is 0.609. The van der Waals surface area contributed by atoms with E-state index in [4.69, 9.17) is 4.74 Å². The predicted octanol–water partition coefficient (Wildman–Crippen LogP) is 2.12. The van der Waals surface area contributed by atoms with Crippen LogP contribution in [0.15, 0.2) is 48.7 Å². The molecule has 0 aliphatic heterocycles. The second-order valence-electron chi connectivity index (χ2n) is 4.16. The molecule has 1 heterocycles. The molecule has 0 unspecified atom stereocenters. The molecule has 0 saturated carbocycles. The molecule has 2 rings (SSSR count). The average Bonchev–Trinajstić information content (AvgIpc) is 2.41. The molecule has 0 radical (unpaired) electrons. The Morgan fingerprint density at radius 2 is 2.06 bits per heavy atom. The molecule has 0 saturated heterocycles. The lowest BCUT2D eigenvalue weighted by Gasteiger charge is -2.03. The Morgan fingerprint density at radius 3 is 2.78 bits per heavy atom. The highest BCUT2D eigenvalue weighted by Gasteiger charge is 2.09. The summed E-state index contributed by atoms with van der Waals surface area (Å²) in [6, 6.07) is 13.6. The van der Waals surface area contributed by atoms with Gasteiger partial charge in [0.25, 0.3) is 0 Å². The van der Waals surface area contributed by atoms with E-state index in [2.05, 4.69) is 17.6 Å². The minimum absolute atomic E-state index is 0.299. The van der Waals surface area contributed by atoms with E-state index >= 15 is 0 Å². The highest BCUT2D eigenvalue weighted by molar-refractivity contribution is 5.89. The third kappa shape index (κ3) is 2.74.